The van der Waals surface area contributed by atoms with Gasteiger partial charge in [-0.1, -0.05) is 11.8 Å². The Morgan fingerprint density at radius 2 is 2.00 bits per heavy atom. The van der Waals surface area contributed by atoms with E-state index in [1.165, 1.54) is 7.11 Å². The average molecular weight is 254 g/mol. The second-order valence-electron chi connectivity index (χ2n) is 3.17. The third-order valence-corrected chi connectivity index (χ3v) is 1.97. The summed E-state index contributed by atoms with van der Waals surface area (Å²) < 4.78 is 30.6. The van der Waals surface area contributed by atoms with E-state index < -0.39 is 29.1 Å². The molecule has 4 nitrogen and oxygen atoms in total. The van der Waals surface area contributed by atoms with Gasteiger partial charge in [-0.15, -0.1) is 0 Å². The van der Waals surface area contributed by atoms with Crippen LogP contribution in [0.25, 0.3) is 0 Å². The van der Waals surface area contributed by atoms with Crippen LogP contribution in [0, 0.1) is 23.5 Å². The van der Waals surface area contributed by atoms with E-state index >= 15 is 0 Å². The molecule has 0 aliphatic heterocycles. The summed E-state index contributed by atoms with van der Waals surface area (Å²) in [5.74, 6) is 0.238. The number of ether oxygens (including phenoxy) is 1. The zero-order valence-electron chi connectivity index (χ0n) is 9.29. The van der Waals surface area contributed by atoms with Gasteiger partial charge in [0.1, 0.15) is 18.1 Å². The SMILES string of the molecule is COC(=O)CC#Cc1cc(C(=O)O)c(F)cc1F. The minimum absolute atomic E-state index is 0.268. The molecule has 0 aliphatic rings. The fraction of sp³-hybridized carbons (Fsp3) is 0.167. The predicted molar refractivity (Wildman–Crippen MR) is 56.8 cm³/mol. The molecular formula is C12H8F2O4. The molecule has 1 aromatic carbocycles. The molecule has 0 amide bonds. The number of hydrogen-bond donors (Lipinski definition) is 1. The first-order valence-corrected chi connectivity index (χ1v) is 4.73. The smallest absolute Gasteiger partial charge is 0.338 e. The molecule has 18 heavy (non-hydrogen) atoms. The predicted octanol–water partition coefficient (Wildman–Crippen LogP) is 1.58. The van der Waals surface area contributed by atoms with Crippen LogP contribution in [0.5, 0.6) is 0 Å². The molecule has 1 aromatic rings. The molecule has 1 N–H and O–H groups in total. The Hall–Kier alpha value is -2.42. The van der Waals surface area contributed by atoms with Crippen molar-refractivity contribution in [1.82, 2.24) is 0 Å². The van der Waals surface area contributed by atoms with Gasteiger partial charge in [0.15, 0.2) is 0 Å². The maximum absolute atomic E-state index is 13.2. The Labute approximate surface area is 101 Å². The van der Waals surface area contributed by atoms with Gasteiger partial charge in [0, 0.05) is 6.07 Å². The molecule has 0 bridgehead atoms. The largest absolute Gasteiger partial charge is 0.478 e. The average Bonchev–Trinajstić information content (AvgIpc) is 2.31. The third-order valence-electron chi connectivity index (χ3n) is 1.97. The molecular weight excluding hydrogens is 246 g/mol. The first kappa shape index (κ1) is 13.6. The van der Waals surface area contributed by atoms with E-state index in [2.05, 4.69) is 16.6 Å². The van der Waals surface area contributed by atoms with Crippen LogP contribution in [0.4, 0.5) is 8.78 Å². The molecule has 0 aliphatic carbocycles. The lowest BCUT2D eigenvalue weighted by molar-refractivity contribution is -0.139. The van der Waals surface area contributed by atoms with Gasteiger partial charge in [0.05, 0.1) is 18.2 Å². The minimum Gasteiger partial charge on any atom is -0.478 e. The Morgan fingerprint density at radius 1 is 1.33 bits per heavy atom. The van der Waals surface area contributed by atoms with Gasteiger partial charge >= 0.3 is 11.9 Å². The number of carboxylic acids is 1. The van der Waals surface area contributed by atoms with Crippen LogP contribution in [0.2, 0.25) is 0 Å². The number of carboxylic acid groups (broad SMARTS) is 1. The molecule has 0 aromatic heterocycles. The molecule has 0 spiro atoms. The van der Waals surface area contributed by atoms with Crippen LogP contribution < -0.4 is 0 Å². The highest BCUT2D eigenvalue weighted by Gasteiger charge is 2.14. The van der Waals surface area contributed by atoms with Gasteiger partial charge in [-0.2, -0.15) is 0 Å². The summed E-state index contributed by atoms with van der Waals surface area (Å²) in [5, 5.41) is 8.65. The van der Waals surface area contributed by atoms with Gasteiger partial charge in [0.2, 0.25) is 0 Å². The maximum Gasteiger partial charge on any atom is 0.338 e. The lowest BCUT2D eigenvalue weighted by atomic mass is 10.1. The number of esters is 1. The van der Waals surface area contributed by atoms with E-state index in [0.29, 0.717) is 6.07 Å². The first-order chi connectivity index (χ1) is 8.45. The van der Waals surface area contributed by atoms with Crippen molar-refractivity contribution in [2.24, 2.45) is 0 Å². The Kier molecular flexibility index (Phi) is 4.38. The number of rotatable bonds is 2. The lowest BCUT2D eigenvalue weighted by Crippen LogP contribution is -2.03. The van der Waals surface area contributed by atoms with E-state index in [0.717, 1.165) is 6.07 Å². The van der Waals surface area contributed by atoms with Crippen LogP contribution in [0.3, 0.4) is 0 Å². The highest BCUT2D eigenvalue weighted by Crippen LogP contribution is 2.14. The normalized spacial score (nSPS) is 9.28. The molecule has 0 atom stereocenters. The molecule has 1 rings (SSSR count). The number of carbonyl (C=O) groups is 2. The van der Waals surface area contributed by atoms with Gasteiger partial charge in [-0.3, -0.25) is 4.79 Å². The molecule has 0 saturated heterocycles. The molecule has 0 saturated carbocycles. The molecule has 0 radical (unpaired) electrons. The van der Waals surface area contributed by atoms with E-state index in [9.17, 15) is 18.4 Å². The highest BCUT2D eigenvalue weighted by molar-refractivity contribution is 5.88. The van der Waals surface area contributed by atoms with Crippen molar-refractivity contribution in [3.8, 4) is 11.8 Å². The fourth-order valence-electron chi connectivity index (χ4n) is 1.09. The number of hydrogen-bond acceptors (Lipinski definition) is 3. The monoisotopic (exact) mass is 254 g/mol. The quantitative estimate of drug-likeness (QED) is 0.642. The minimum atomic E-state index is -1.52. The van der Waals surface area contributed by atoms with Gasteiger partial charge in [0.25, 0.3) is 0 Å². The second kappa shape index (κ2) is 5.77. The van der Waals surface area contributed by atoms with E-state index in [4.69, 9.17) is 5.11 Å². The van der Waals surface area contributed by atoms with Gasteiger partial charge < -0.3 is 9.84 Å². The molecule has 0 fully saturated rings. The highest BCUT2D eigenvalue weighted by atomic mass is 19.1. The lowest BCUT2D eigenvalue weighted by Gasteiger charge is -1.99. The van der Waals surface area contributed by atoms with Crippen LogP contribution in [-0.4, -0.2) is 24.2 Å². The number of methoxy groups -OCH3 is 1. The molecule has 0 unspecified atom stereocenters. The standard InChI is InChI=1S/C12H8F2O4/c1-18-11(15)4-2-3-7-5-8(12(16)17)10(14)6-9(7)13/h5-6H,4H2,1H3,(H,16,17). The van der Waals surface area contributed by atoms with Gasteiger partial charge in [-0.05, 0) is 6.07 Å². The molecule has 6 heteroatoms. The van der Waals surface area contributed by atoms with Crippen molar-refractivity contribution in [3.63, 3.8) is 0 Å². The summed E-state index contributed by atoms with van der Waals surface area (Å²) in [6.07, 6.45) is -0.268. The van der Waals surface area contributed by atoms with E-state index in [1.54, 1.807) is 0 Å². The second-order valence-corrected chi connectivity index (χ2v) is 3.17. The van der Waals surface area contributed by atoms with Crippen molar-refractivity contribution in [2.45, 2.75) is 6.42 Å². The van der Waals surface area contributed by atoms with E-state index in [1.807, 2.05) is 0 Å². The number of carbonyl (C=O) groups excluding carboxylic acids is 1. The molecule has 0 heterocycles. The summed E-state index contributed by atoms with van der Waals surface area (Å²) >= 11 is 0. The summed E-state index contributed by atoms with van der Waals surface area (Å²) in [7, 11) is 1.17. The van der Waals surface area contributed by atoms with Crippen LogP contribution in [0.1, 0.15) is 22.3 Å². The fourth-order valence-corrected chi connectivity index (χ4v) is 1.09. The summed E-state index contributed by atoms with van der Waals surface area (Å²) in [6, 6.07) is 1.21. The van der Waals surface area contributed by atoms with Crippen molar-refractivity contribution in [2.75, 3.05) is 7.11 Å². The van der Waals surface area contributed by atoms with Crippen LogP contribution in [0.15, 0.2) is 12.1 Å². The number of benzene rings is 1. The number of aromatic carboxylic acids is 1. The maximum atomic E-state index is 13.2. The Balaban J connectivity index is 3.06. The third kappa shape index (κ3) is 3.28. The van der Waals surface area contributed by atoms with Crippen molar-refractivity contribution in [3.05, 3.63) is 34.9 Å². The van der Waals surface area contributed by atoms with Crippen molar-refractivity contribution >= 4 is 11.9 Å². The Bertz CT molecular complexity index is 555. The van der Waals surface area contributed by atoms with Crippen molar-refractivity contribution < 1.29 is 28.2 Å². The summed E-state index contributed by atoms with van der Waals surface area (Å²) in [5.41, 5.74) is -0.975. The topological polar surface area (TPSA) is 63.6 Å². The van der Waals surface area contributed by atoms with Crippen molar-refractivity contribution in [1.29, 1.82) is 0 Å². The molecule has 94 valence electrons. The zero-order valence-corrected chi connectivity index (χ0v) is 9.29. The van der Waals surface area contributed by atoms with Crippen LogP contribution >= 0.6 is 0 Å². The first-order valence-electron chi connectivity index (χ1n) is 4.73. The van der Waals surface area contributed by atoms with Crippen LogP contribution in [-0.2, 0) is 9.53 Å². The zero-order chi connectivity index (χ0) is 13.7. The summed E-state index contributed by atoms with van der Waals surface area (Å²) in [4.78, 5) is 21.4. The number of halogens is 2. The Morgan fingerprint density at radius 3 is 2.56 bits per heavy atom. The van der Waals surface area contributed by atoms with E-state index in [-0.39, 0.29) is 12.0 Å². The summed E-state index contributed by atoms with van der Waals surface area (Å²) in [6.45, 7) is 0. The van der Waals surface area contributed by atoms with Gasteiger partial charge in [-0.25, -0.2) is 13.6 Å².